The Kier molecular flexibility index (Phi) is 11.9. The lowest BCUT2D eigenvalue weighted by Gasteiger charge is -2.34. The third kappa shape index (κ3) is 8.90. The van der Waals surface area contributed by atoms with E-state index in [1.807, 2.05) is 51.1 Å². The molecule has 0 fully saturated rings. The Hall–Kier alpha value is -3.85. The maximum absolute atomic E-state index is 14.6. The van der Waals surface area contributed by atoms with Gasteiger partial charge in [-0.2, -0.15) is 0 Å². The maximum Gasteiger partial charge on any atom is 0.264 e. The van der Waals surface area contributed by atoms with Gasteiger partial charge < -0.3 is 10.2 Å². The first-order valence-corrected chi connectivity index (χ1v) is 17.3. The molecule has 4 aromatic rings. The van der Waals surface area contributed by atoms with Crippen molar-refractivity contribution >= 4 is 50.7 Å². The molecule has 4 aromatic carbocycles. The van der Waals surface area contributed by atoms with Crippen LogP contribution in [0.2, 0.25) is 10.0 Å². The average Bonchev–Trinajstić information content (AvgIpc) is 3.04. The summed E-state index contributed by atoms with van der Waals surface area (Å²) in [5.74, 6) is -0.877. The van der Waals surface area contributed by atoms with Gasteiger partial charge in [0.25, 0.3) is 10.0 Å². The number of amides is 2. The molecular weight excluding hydrogens is 641 g/mol. The quantitative estimate of drug-likeness (QED) is 0.160. The van der Waals surface area contributed by atoms with Crippen LogP contribution in [0.5, 0.6) is 0 Å². The fourth-order valence-electron chi connectivity index (χ4n) is 4.98. The van der Waals surface area contributed by atoms with E-state index >= 15 is 0 Å². The van der Waals surface area contributed by atoms with E-state index in [-0.39, 0.29) is 35.5 Å². The number of halogens is 2. The third-order valence-corrected chi connectivity index (χ3v) is 10.1. The Morgan fingerprint density at radius 2 is 1.46 bits per heavy atom. The highest BCUT2D eigenvalue weighted by molar-refractivity contribution is 7.92. The molecule has 4 rings (SSSR count). The lowest BCUT2D eigenvalue weighted by Crippen LogP contribution is -2.54. The highest BCUT2D eigenvalue weighted by atomic mass is 35.5. The highest BCUT2D eigenvalue weighted by Gasteiger charge is 2.35. The zero-order valence-electron chi connectivity index (χ0n) is 26.4. The number of hydrogen-bond donors (Lipinski definition) is 1. The number of carbonyl (C=O) groups is 2. The van der Waals surface area contributed by atoms with Crippen LogP contribution in [0.25, 0.3) is 0 Å². The van der Waals surface area contributed by atoms with Crippen molar-refractivity contribution in [1.29, 1.82) is 0 Å². The summed E-state index contributed by atoms with van der Waals surface area (Å²) in [5, 5.41) is 3.90. The Labute approximate surface area is 282 Å². The van der Waals surface area contributed by atoms with Crippen LogP contribution in [0, 0.1) is 13.8 Å². The van der Waals surface area contributed by atoms with Gasteiger partial charge in [0, 0.05) is 29.1 Å². The fourth-order valence-corrected chi connectivity index (χ4v) is 6.75. The topological polar surface area (TPSA) is 86.8 Å². The van der Waals surface area contributed by atoms with Crippen molar-refractivity contribution in [2.24, 2.45) is 0 Å². The van der Waals surface area contributed by atoms with Gasteiger partial charge in [-0.05, 0) is 80.3 Å². The molecule has 0 heterocycles. The zero-order valence-corrected chi connectivity index (χ0v) is 28.7. The lowest BCUT2D eigenvalue weighted by molar-refractivity contribution is -0.140. The van der Waals surface area contributed by atoms with Crippen molar-refractivity contribution in [3.63, 3.8) is 0 Å². The third-order valence-electron chi connectivity index (χ3n) is 7.87. The minimum Gasteiger partial charge on any atom is -0.352 e. The van der Waals surface area contributed by atoms with E-state index < -0.39 is 28.5 Å². The molecule has 0 aliphatic carbocycles. The molecular formula is C36H39Cl2N3O4S. The van der Waals surface area contributed by atoms with Crippen molar-refractivity contribution in [3.05, 3.63) is 129 Å². The van der Waals surface area contributed by atoms with Gasteiger partial charge in [0.05, 0.1) is 10.6 Å². The molecule has 0 bridgehead atoms. The van der Waals surface area contributed by atoms with E-state index in [0.717, 1.165) is 21.0 Å². The molecule has 0 aliphatic heterocycles. The number of hydrogen-bond acceptors (Lipinski definition) is 4. The first-order valence-electron chi connectivity index (χ1n) is 15.1. The Morgan fingerprint density at radius 3 is 2.09 bits per heavy atom. The van der Waals surface area contributed by atoms with Crippen molar-refractivity contribution in [2.45, 2.75) is 64.1 Å². The molecule has 10 heteroatoms. The Morgan fingerprint density at radius 1 is 0.826 bits per heavy atom. The average molecular weight is 681 g/mol. The van der Waals surface area contributed by atoms with Crippen LogP contribution in [0.3, 0.4) is 0 Å². The predicted octanol–water partition coefficient (Wildman–Crippen LogP) is 7.36. The number of rotatable bonds is 13. The van der Waals surface area contributed by atoms with Gasteiger partial charge in [-0.3, -0.25) is 13.9 Å². The second-order valence-corrected chi connectivity index (χ2v) is 14.2. The van der Waals surface area contributed by atoms with Gasteiger partial charge in [-0.1, -0.05) is 96.4 Å². The van der Waals surface area contributed by atoms with Gasteiger partial charge >= 0.3 is 0 Å². The molecule has 0 aromatic heterocycles. The standard InChI is InChI=1S/C36H39Cl2N3O4S/c1-5-27(4)39-36(43)34(21-28-9-7-6-8-10-28)40(23-29-14-17-30(37)18-15-29)35(42)24-41(33-22-31(38)16-13-26(33)3)46(44,45)32-19-11-25(2)12-20-32/h6-20,22,27,34H,5,21,23-24H2,1-4H3,(H,39,43). The fraction of sp³-hybridized carbons (Fsp3) is 0.278. The number of carbonyl (C=O) groups excluding carboxylic acids is 2. The largest absolute Gasteiger partial charge is 0.352 e. The maximum atomic E-state index is 14.6. The SMILES string of the molecule is CCC(C)NC(=O)C(Cc1ccccc1)N(Cc1ccc(Cl)cc1)C(=O)CN(c1cc(Cl)ccc1C)S(=O)(=O)c1ccc(C)cc1. The molecule has 7 nitrogen and oxygen atoms in total. The summed E-state index contributed by atoms with van der Waals surface area (Å²) in [6.07, 6.45) is 0.925. The van der Waals surface area contributed by atoms with Crippen LogP contribution in [-0.4, -0.2) is 43.8 Å². The van der Waals surface area contributed by atoms with E-state index in [1.165, 1.54) is 23.1 Å². The minimum absolute atomic E-state index is 0.0323. The van der Waals surface area contributed by atoms with Gasteiger partial charge in [0.1, 0.15) is 12.6 Å². The molecule has 0 spiro atoms. The number of sulfonamides is 1. The number of benzene rings is 4. The van der Waals surface area contributed by atoms with E-state index in [4.69, 9.17) is 23.2 Å². The van der Waals surface area contributed by atoms with Gasteiger partial charge in [-0.15, -0.1) is 0 Å². The summed E-state index contributed by atoms with van der Waals surface area (Å²) in [6, 6.07) is 26.7. The minimum atomic E-state index is -4.24. The molecule has 0 aliphatic rings. The van der Waals surface area contributed by atoms with E-state index in [0.29, 0.717) is 22.0 Å². The van der Waals surface area contributed by atoms with Gasteiger partial charge in [0.15, 0.2) is 0 Å². The molecule has 1 N–H and O–H groups in total. The van der Waals surface area contributed by atoms with E-state index in [9.17, 15) is 18.0 Å². The predicted molar refractivity (Wildman–Crippen MR) is 186 cm³/mol. The molecule has 0 saturated heterocycles. The monoisotopic (exact) mass is 679 g/mol. The number of anilines is 1. The van der Waals surface area contributed by atoms with Crippen molar-refractivity contribution in [3.8, 4) is 0 Å². The first kappa shape index (κ1) is 35.0. The summed E-state index contributed by atoms with van der Waals surface area (Å²) < 4.78 is 29.6. The number of aryl methyl sites for hydroxylation is 2. The normalized spacial score (nSPS) is 12.7. The van der Waals surface area contributed by atoms with E-state index in [1.54, 1.807) is 55.5 Å². The highest BCUT2D eigenvalue weighted by Crippen LogP contribution is 2.30. The zero-order chi connectivity index (χ0) is 33.4. The summed E-state index contributed by atoms with van der Waals surface area (Å²) in [5.41, 5.74) is 3.38. The van der Waals surface area contributed by atoms with Gasteiger partial charge in [0.2, 0.25) is 11.8 Å². The molecule has 2 amide bonds. The number of nitrogens with zero attached hydrogens (tertiary/aromatic N) is 2. The van der Waals surface area contributed by atoms with Gasteiger partial charge in [-0.25, -0.2) is 8.42 Å². The van der Waals surface area contributed by atoms with Crippen LogP contribution in [-0.2, 0) is 32.6 Å². The molecule has 2 atom stereocenters. The van der Waals surface area contributed by atoms with Crippen LogP contribution < -0.4 is 9.62 Å². The van der Waals surface area contributed by atoms with Crippen molar-refractivity contribution in [2.75, 3.05) is 10.8 Å². The Bertz CT molecular complexity index is 1750. The van der Waals surface area contributed by atoms with Crippen LogP contribution >= 0.6 is 23.2 Å². The molecule has 0 radical (unpaired) electrons. The summed E-state index contributed by atoms with van der Waals surface area (Å²) in [7, 11) is -4.24. The van der Waals surface area contributed by atoms with Crippen LogP contribution in [0.15, 0.2) is 102 Å². The lowest BCUT2D eigenvalue weighted by atomic mass is 10.0. The second kappa shape index (κ2) is 15.6. The molecule has 2 unspecified atom stereocenters. The second-order valence-electron chi connectivity index (χ2n) is 11.4. The Balaban J connectivity index is 1.83. The molecule has 0 saturated carbocycles. The summed E-state index contributed by atoms with van der Waals surface area (Å²) in [4.78, 5) is 30.0. The number of nitrogens with one attached hydrogen (secondary N) is 1. The summed E-state index contributed by atoms with van der Waals surface area (Å²) in [6.45, 7) is 6.98. The smallest absolute Gasteiger partial charge is 0.264 e. The van der Waals surface area contributed by atoms with Crippen molar-refractivity contribution in [1.82, 2.24) is 10.2 Å². The molecule has 242 valence electrons. The van der Waals surface area contributed by atoms with Crippen molar-refractivity contribution < 1.29 is 18.0 Å². The van der Waals surface area contributed by atoms with Crippen LogP contribution in [0.4, 0.5) is 5.69 Å². The summed E-state index contributed by atoms with van der Waals surface area (Å²) >= 11 is 12.5. The molecule has 46 heavy (non-hydrogen) atoms. The van der Waals surface area contributed by atoms with Crippen LogP contribution in [0.1, 0.15) is 42.5 Å². The van der Waals surface area contributed by atoms with E-state index in [2.05, 4.69) is 5.32 Å². The first-order chi connectivity index (χ1) is 21.9.